The second-order valence-electron chi connectivity index (χ2n) is 28.6. The number of aliphatic hydroxyl groups is 1. The predicted molar refractivity (Wildman–Crippen MR) is 435 cm³/mol. The molecular weight excluding hydrogens is 1720 g/mol. The van der Waals surface area contributed by atoms with E-state index in [1.165, 1.54) is 47.0 Å². The van der Waals surface area contributed by atoms with Crippen molar-refractivity contribution < 1.29 is 132 Å². The molecule has 127 heavy (non-hydrogen) atoms. The highest BCUT2D eigenvalue weighted by atomic mass is 32.3. The third-order valence-electron chi connectivity index (χ3n) is 18.7. The highest BCUT2D eigenvalue weighted by Gasteiger charge is 2.42. The number of benzene rings is 3. The van der Waals surface area contributed by atoms with E-state index in [4.69, 9.17) is 10.8 Å². The van der Waals surface area contributed by atoms with Gasteiger partial charge in [0.15, 0.2) is 11.9 Å². The number of guanidine groups is 2. The third-order valence-corrected chi connectivity index (χ3v) is 19.7. The van der Waals surface area contributed by atoms with Gasteiger partial charge >= 0.3 is 36.1 Å². The van der Waals surface area contributed by atoms with Gasteiger partial charge in [-0.25, -0.2) is 4.98 Å². The number of carboxylic acid groups (broad SMARTS) is 2. The summed E-state index contributed by atoms with van der Waals surface area (Å²) in [6, 6.07) is 9.73. The van der Waals surface area contributed by atoms with Gasteiger partial charge in [-0.2, -0.15) is 31.4 Å². The van der Waals surface area contributed by atoms with E-state index in [0.717, 1.165) is 12.4 Å². The standard InChI is InChI=1S/C76H98F6N22O22S/c77-75(78,79)71(122)102-73(83)87-31-13-22-45-63(114)90-39-57(106)93-52(35-59(108)109)69(120)100-50(33-41-15-3-1-4-16-41)67(118)98-47(65(116)96-45)20-9-11-29-85-56(105)28-26-49(95-61(112)44-25-27-55(89-37-44)104-92-38-43-19-7-8-24-54(43)127(124,125)126)62(113)86-30-12-10-21-48-66(117)97-46(23-14-32-88-74(84)103-72(123)76(80,81)82)64(115)91-40-58(107)94-53(36-60(110)111)70(121)101-51(68(119)99-48)34-42-17-5-2-6-18-42/h1-8,15-19,24-25,27,37-38,45-53,67,98,118,124-126H,9-14,20-23,26,28-36,39-40H2,(H,85,105)(H,86,113)(H,89,104)(H,90,114)(H,91,115)(H,93,106)(H,94,107)(H,95,112)(H,96,116)(H,97,117)(H,99,119)(H,100,120)(H,101,121)(H,108,109)(H,110,111)(H3,83,87,102,122)(H3,84,88,103,123)/b92-38+/t45-,46-,47-,48-,49-,50+,51+,52-,53-,67?/m0/s1. The maximum absolute atomic E-state index is 14.5. The van der Waals surface area contributed by atoms with Gasteiger partial charge in [-0.3, -0.25) is 109 Å². The fourth-order valence-corrected chi connectivity index (χ4v) is 13.0. The van der Waals surface area contributed by atoms with Crippen LogP contribution in [-0.2, 0) is 84.8 Å². The number of aliphatic hydroxyl groups excluding tert-OH is 1. The molecule has 2 fully saturated rings. The number of alkyl halides is 6. The Hall–Kier alpha value is -13.5. The van der Waals surface area contributed by atoms with Crippen molar-refractivity contribution >= 4 is 129 Å². The lowest BCUT2D eigenvalue weighted by molar-refractivity contribution is -0.172. The average molecular weight is 1820 g/mol. The van der Waals surface area contributed by atoms with Crippen LogP contribution < -0.4 is 95.8 Å². The number of anilines is 1. The number of nitrogens with zero attached hydrogens (tertiary/aromatic N) is 2. The Balaban J connectivity index is 1.22. The lowest BCUT2D eigenvalue weighted by atomic mass is 10.0. The first-order valence-electron chi connectivity index (χ1n) is 39.3. The van der Waals surface area contributed by atoms with Crippen molar-refractivity contribution in [1.82, 2.24) is 95.4 Å². The van der Waals surface area contributed by atoms with E-state index < -0.39 is 242 Å². The molecule has 26 N–H and O–H groups in total. The molecule has 0 spiro atoms. The molecule has 44 nitrogen and oxygen atoms in total. The molecule has 3 heterocycles. The normalized spacial score (nSPS) is 20.0. The molecule has 1 unspecified atom stereocenters. The Morgan fingerprint density at radius 3 is 1.46 bits per heavy atom. The van der Waals surface area contributed by atoms with Gasteiger partial charge in [0.05, 0.1) is 54.7 Å². The van der Waals surface area contributed by atoms with E-state index in [0.29, 0.717) is 11.1 Å². The van der Waals surface area contributed by atoms with Crippen LogP contribution >= 0.6 is 10.9 Å². The van der Waals surface area contributed by atoms with Gasteiger partial charge in [0.25, 0.3) is 5.91 Å². The van der Waals surface area contributed by atoms with Crippen molar-refractivity contribution in [1.29, 1.82) is 10.8 Å². The molecular formula is C76H98F6N22O22S. The molecule has 692 valence electrons. The fourth-order valence-electron chi connectivity index (χ4n) is 12.3. The molecule has 3 aromatic carbocycles. The number of carboxylic acids is 2. The number of carbonyl (C=O) groups is 16. The summed E-state index contributed by atoms with van der Waals surface area (Å²) >= 11 is 0. The molecule has 0 radical (unpaired) electrons. The summed E-state index contributed by atoms with van der Waals surface area (Å²) in [6.07, 6.45) is -15.7. The quantitative estimate of drug-likeness (QED) is 0.00762. The van der Waals surface area contributed by atoms with E-state index in [1.807, 2.05) is 0 Å². The van der Waals surface area contributed by atoms with Gasteiger partial charge in [0, 0.05) is 50.8 Å². The highest BCUT2D eigenvalue weighted by molar-refractivity contribution is 8.19. The Labute approximate surface area is 720 Å². The Kier molecular flexibility index (Phi) is 40.6. The summed E-state index contributed by atoms with van der Waals surface area (Å²) in [5.41, 5.74) is 3.47. The van der Waals surface area contributed by atoms with Gasteiger partial charge in [0.2, 0.25) is 65.0 Å². The first-order chi connectivity index (χ1) is 60.0. The van der Waals surface area contributed by atoms with Gasteiger partial charge in [0.1, 0.15) is 65.2 Å². The maximum atomic E-state index is 14.5. The molecule has 2 aliphatic rings. The van der Waals surface area contributed by atoms with Crippen LogP contribution in [0, 0.1) is 10.8 Å². The van der Waals surface area contributed by atoms with Crippen molar-refractivity contribution in [2.75, 3.05) is 44.7 Å². The van der Waals surface area contributed by atoms with Crippen LogP contribution in [0.25, 0.3) is 0 Å². The second kappa shape index (κ2) is 50.4. The van der Waals surface area contributed by atoms with Crippen LogP contribution in [0.1, 0.15) is 117 Å². The highest BCUT2D eigenvalue weighted by Crippen LogP contribution is 2.45. The number of pyridine rings is 1. The van der Waals surface area contributed by atoms with Crippen LogP contribution in [0.2, 0.25) is 0 Å². The number of hydrazone groups is 1. The monoisotopic (exact) mass is 1820 g/mol. The molecule has 1 aromatic heterocycles. The zero-order valence-corrected chi connectivity index (χ0v) is 68.3. The van der Waals surface area contributed by atoms with Crippen molar-refractivity contribution in [3.63, 3.8) is 0 Å². The first kappa shape index (κ1) is 102. The molecule has 10 atom stereocenters. The minimum atomic E-state index is -5.37. The summed E-state index contributed by atoms with van der Waals surface area (Å²) in [7, 11) is -4.17. The van der Waals surface area contributed by atoms with Gasteiger partial charge in [-0.15, -0.1) is 0 Å². The topological polar surface area (TPSA) is 684 Å². The van der Waals surface area contributed by atoms with Crippen LogP contribution in [0.4, 0.5) is 32.2 Å². The number of aliphatic carboxylic acids is 2. The average Bonchev–Trinajstić information content (AvgIpc) is 1.48. The maximum Gasteiger partial charge on any atom is 0.471 e. The molecule has 6 rings (SSSR count). The second-order valence-corrected chi connectivity index (χ2v) is 30.1. The SMILES string of the molecule is N=C(NCCC[C@@H]1NC(=O)[C@H](CCCCNC(=O)[C@H](CCC(=O)NCCCC[C@@H]2NC(O)[C@@H](Cc3ccccc3)NC(=O)[C@H](CC(=O)O)NC(=O)CNC(=O)[C@H](CCCNC(=N)NC(=O)C(F)(F)F)NC2=O)NC(=O)c2ccc(N/N=C/c3ccccc3S(O)(O)O)nc2)NC(=O)[C@@H](Cc2ccccc2)NC(=O)[C@H](CC(=O)O)NC(=O)CNC1=O)NC(=O)C(F)(F)F. The summed E-state index contributed by atoms with van der Waals surface area (Å²) in [4.78, 5) is 218. The molecule has 0 bridgehead atoms. The van der Waals surface area contributed by atoms with E-state index in [9.17, 15) is 132 Å². The number of unbranched alkanes of at least 4 members (excludes halogenated alkanes) is 2. The third kappa shape index (κ3) is 37.1. The lowest BCUT2D eigenvalue weighted by Gasteiger charge is -2.30. The number of aromatic nitrogens is 1. The fraction of sp³-hybridized carbons (Fsp3) is 0.447. The van der Waals surface area contributed by atoms with Crippen LogP contribution in [-0.4, -0.2) is 259 Å². The van der Waals surface area contributed by atoms with Gasteiger partial charge in [-0.1, -0.05) is 78.9 Å². The lowest BCUT2D eigenvalue weighted by Crippen LogP contribution is -2.60. The zero-order valence-electron chi connectivity index (χ0n) is 67.5. The Bertz CT molecular complexity index is 4580. The molecule has 0 aliphatic carbocycles. The van der Waals surface area contributed by atoms with E-state index in [1.54, 1.807) is 60.7 Å². The minimum Gasteiger partial charge on any atom is -0.481 e. The molecule has 4 aromatic rings. The number of carbonyl (C=O) groups excluding carboxylic acids is 14. The zero-order chi connectivity index (χ0) is 93.6. The smallest absolute Gasteiger partial charge is 0.471 e. The molecule has 2 aliphatic heterocycles. The molecule has 0 saturated carbocycles. The number of hydrogen-bond acceptors (Lipinski definition) is 26. The number of nitrogens with one attached hydrogen (secondary N) is 20. The van der Waals surface area contributed by atoms with Gasteiger partial charge < -0.3 is 103 Å². The van der Waals surface area contributed by atoms with E-state index in [-0.39, 0.29) is 112 Å². The van der Waals surface area contributed by atoms with Crippen LogP contribution in [0.15, 0.2) is 113 Å². The van der Waals surface area contributed by atoms with Crippen LogP contribution in [0.5, 0.6) is 0 Å². The van der Waals surface area contributed by atoms with Crippen molar-refractivity contribution in [2.45, 2.75) is 181 Å². The van der Waals surface area contributed by atoms with Crippen molar-refractivity contribution in [3.05, 3.63) is 126 Å². The Morgan fingerprint density at radius 1 is 0.512 bits per heavy atom. The number of halogens is 6. The largest absolute Gasteiger partial charge is 0.481 e. The first-order valence-corrected chi connectivity index (χ1v) is 40.8. The predicted octanol–water partition coefficient (Wildman–Crippen LogP) is -2.11. The van der Waals surface area contributed by atoms with E-state index >= 15 is 0 Å². The summed E-state index contributed by atoms with van der Waals surface area (Å²) in [6.45, 7) is -3.04. The van der Waals surface area contributed by atoms with E-state index in [2.05, 4.69) is 95.3 Å². The van der Waals surface area contributed by atoms with Crippen molar-refractivity contribution in [3.8, 4) is 0 Å². The van der Waals surface area contributed by atoms with Crippen molar-refractivity contribution in [2.24, 2.45) is 5.10 Å². The Morgan fingerprint density at radius 2 is 0.953 bits per heavy atom. The summed E-state index contributed by atoms with van der Waals surface area (Å²) in [5, 5.41) is 89.8. The summed E-state index contributed by atoms with van der Waals surface area (Å²) < 4.78 is 107. The minimum absolute atomic E-state index is 0.00142. The molecule has 14 amide bonds. The van der Waals surface area contributed by atoms with Gasteiger partial charge in [-0.05, 0) is 106 Å². The number of hydrogen-bond donors (Lipinski definition) is 26. The number of amides is 14. The molecule has 51 heteroatoms. The molecule has 2 saturated heterocycles. The van der Waals surface area contributed by atoms with Crippen LogP contribution in [0.3, 0.4) is 0 Å². The summed E-state index contributed by atoms with van der Waals surface area (Å²) in [5.74, 6) is -22.4. The number of rotatable bonds is 36.